The minimum absolute atomic E-state index is 0.0506. The van der Waals surface area contributed by atoms with Gasteiger partial charge in [0.05, 0.1) is 30.1 Å². The average molecular weight is 441 g/mol. The van der Waals surface area contributed by atoms with Crippen LogP contribution in [0.2, 0.25) is 5.02 Å². The van der Waals surface area contributed by atoms with Crippen LogP contribution in [0.3, 0.4) is 0 Å². The summed E-state index contributed by atoms with van der Waals surface area (Å²) in [6, 6.07) is 14.0. The van der Waals surface area contributed by atoms with Crippen molar-refractivity contribution in [2.45, 2.75) is 33.0 Å². The highest BCUT2D eigenvalue weighted by atomic mass is 35.5. The van der Waals surface area contributed by atoms with Crippen LogP contribution in [0.15, 0.2) is 54.2 Å². The molecule has 7 heteroatoms. The van der Waals surface area contributed by atoms with E-state index in [0.29, 0.717) is 53.0 Å². The van der Waals surface area contributed by atoms with E-state index in [9.17, 15) is 9.59 Å². The quantitative estimate of drug-likeness (QED) is 0.654. The first-order chi connectivity index (χ1) is 14.9. The van der Waals surface area contributed by atoms with E-state index in [1.165, 1.54) is 4.90 Å². The van der Waals surface area contributed by atoms with Crippen LogP contribution in [-0.4, -0.2) is 48.6 Å². The summed E-state index contributed by atoms with van der Waals surface area (Å²) in [5, 5.41) is 0.540. The predicted octanol–water partition coefficient (Wildman–Crippen LogP) is 4.13. The number of carbonyl (C=O) groups is 2. The van der Waals surface area contributed by atoms with Crippen LogP contribution in [-0.2, 0) is 14.3 Å². The Bertz CT molecular complexity index is 1010. The largest absolute Gasteiger partial charge is 0.494 e. The molecule has 2 heterocycles. The lowest BCUT2D eigenvalue weighted by molar-refractivity contribution is -0.121. The molecule has 2 amide bonds. The SMILES string of the molecule is CCOc1ccc(C2=C(N3CC(C)OC(C)C3)C(=O)N(c3ccc(Cl)cc3)C2=O)cc1. The molecule has 0 spiro atoms. The molecule has 0 aromatic heterocycles. The van der Waals surface area contributed by atoms with E-state index in [1.807, 2.05) is 49.9 Å². The van der Waals surface area contributed by atoms with Crippen LogP contribution >= 0.6 is 11.6 Å². The minimum atomic E-state index is -0.349. The third-order valence-corrected chi connectivity index (χ3v) is 5.59. The molecule has 0 bridgehead atoms. The molecule has 31 heavy (non-hydrogen) atoms. The molecule has 6 nitrogen and oxygen atoms in total. The van der Waals surface area contributed by atoms with E-state index in [-0.39, 0.29) is 24.0 Å². The number of carbonyl (C=O) groups excluding carboxylic acids is 2. The first-order valence-corrected chi connectivity index (χ1v) is 10.8. The number of anilines is 1. The second-order valence-corrected chi connectivity index (χ2v) is 8.20. The van der Waals surface area contributed by atoms with Gasteiger partial charge in [-0.2, -0.15) is 0 Å². The average Bonchev–Trinajstić information content (AvgIpc) is 2.99. The minimum Gasteiger partial charge on any atom is -0.494 e. The van der Waals surface area contributed by atoms with Crippen LogP contribution in [0.5, 0.6) is 5.75 Å². The monoisotopic (exact) mass is 440 g/mol. The first-order valence-electron chi connectivity index (χ1n) is 10.4. The van der Waals surface area contributed by atoms with Gasteiger partial charge in [-0.25, -0.2) is 4.90 Å². The van der Waals surface area contributed by atoms with Crippen LogP contribution < -0.4 is 9.64 Å². The van der Waals surface area contributed by atoms with Gasteiger partial charge in [0.1, 0.15) is 11.4 Å². The second-order valence-electron chi connectivity index (χ2n) is 7.77. The Morgan fingerprint density at radius 2 is 1.58 bits per heavy atom. The molecule has 2 atom stereocenters. The number of nitrogens with zero attached hydrogens (tertiary/aromatic N) is 2. The van der Waals surface area contributed by atoms with Crippen molar-refractivity contribution in [1.29, 1.82) is 0 Å². The summed E-state index contributed by atoms with van der Waals surface area (Å²) in [7, 11) is 0. The molecular formula is C24H25ClN2O4. The summed E-state index contributed by atoms with van der Waals surface area (Å²) in [4.78, 5) is 30.3. The van der Waals surface area contributed by atoms with Crippen molar-refractivity contribution < 1.29 is 19.1 Å². The van der Waals surface area contributed by atoms with Gasteiger partial charge in [-0.1, -0.05) is 23.7 Å². The van der Waals surface area contributed by atoms with E-state index in [2.05, 4.69) is 0 Å². The van der Waals surface area contributed by atoms with Gasteiger partial charge in [0, 0.05) is 18.1 Å². The van der Waals surface area contributed by atoms with Crippen molar-refractivity contribution in [2.75, 3.05) is 24.6 Å². The van der Waals surface area contributed by atoms with E-state index in [1.54, 1.807) is 24.3 Å². The summed E-state index contributed by atoms with van der Waals surface area (Å²) in [5.41, 5.74) is 1.97. The molecule has 2 aromatic rings. The Hall–Kier alpha value is -2.83. The zero-order valence-electron chi connectivity index (χ0n) is 17.8. The van der Waals surface area contributed by atoms with Gasteiger partial charge in [-0.15, -0.1) is 0 Å². The van der Waals surface area contributed by atoms with E-state index < -0.39 is 0 Å². The van der Waals surface area contributed by atoms with Gasteiger partial charge in [0.2, 0.25) is 0 Å². The van der Waals surface area contributed by atoms with Crippen LogP contribution in [0.25, 0.3) is 5.57 Å². The Morgan fingerprint density at radius 3 is 2.16 bits per heavy atom. The number of benzene rings is 2. The molecule has 0 radical (unpaired) electrons. The lowest BCUT2D eigenvalue weighted by Crippen LogP contribution is -2.47. The third kappa shape index (κ3) is 4.18. The molecule has 4 rings (SSSR count). The molecule has 2 unspecified atom stereocenters. The second kappa shape index (κ2) is 8.73. The Balaban J connectivity index is 1.79. The van der Waals surface area contributed by atoms with Crippen LogP contribution in [0, 0.1) is 0 Å². The maximum atomic E-state index is 13.6. The number of halogens is 1. The van der Waals surface area contributed by atoms with E-state index in [0.717, 1.165) is 0 Å². The number of ether oxygens (including phenoxy) is 2. The van der Waals surface area contributed by atoms with Crippen LogP contribution in [0.4, 0.5) is 5.69 Å². The van der Waals surface area contributed by atoms with Gasteiger partial charge in [-0.3, -0.25) is 9.59 Å². The Kier molecular flexibility index (Phi) is 6.03. The van der Waals surface area contributed by atoms with Gasteiger partial charge in [0.25, 0.3) is 11.8 Å². The number of amides is 2. The molecule has 1 saturated heterocycles. The van der Waals surface area contributed by atoms with Crippen molar-refractivity contribution in [2.24, 2.45) is 0 Å². The van der Waals surface area contributed by atoms with Gasteiger partial charge in [0.15, 0.2) is 0 Å². The smallest absolute Gasteiger partial charge is 0.282 e. The number of rotatable bonds is 5. The number of hydrogen-bond acceptors (Lipinski definition) is 5. The first kappa shape index (κ1) is 21.4. The lowest BCUT2D eigenvalue weighted by atomic mass is 10.0. The normalized spacial score (nSPS) is 21.8. The van der Waals surface area contributed by atoms with Gasteiger partial charge < -0.3 is 14.4 Å². The number of morpholine rings is 1. The fourth-order valence-electron chi connectivity index (χ4n) is 4.14. The molecule has 0 N–H and O–H groups in total. The molecule has 0 saturated carbocycles. The maximum Gasteiger partial charge on any atom is 0.282 e. The summed E-state index contributed by atoms with van der Waals surface area (Å²) in [5.74, 6) is 0.0316. The van der Waals surface area contributed by atoms with E-state index in [4.69, 9.17) is 21.1 Å². The highest BCUT2D eigenvalue weighted by Gasteiger charge is 2.43. The Morgan fingerprint density at radius 1 is 0.968 bits per heavy atom. The van der Waals surface area contributed by atoms with Crippen molar-refractivity contribution >= 4 is 34.7 Å². The summed E-state index contributed by atoms with van der Waals surface area (Å²) in [6.07, 6.45) is -0.101. The van der Waals surface area contributed by atoms with Crippen LogP contribution in [0.1, 0.15) is 26.3 Å². The molecule has 2 aliphatic heterocycles. The zero-order chi connectivity index (χ0) is 22.1. The highest BCUT2D eigenvalue weighted by Crippen LogP contribution is 2.36. The molecule has 162 valence electrons. The third-order valence-electron chi connectivity index (χ3n) is 5.33. The molecule has 0 aliphatic carbocycles. The van der Waals surface area contributed by atoms with Gasteiger partial charge in [-0.05, 0) is 62.7 Å². The maximum absolute atomic E-state index is 13.6. The molecule has 2 aromatic carbocycles. The molecular weight excluding hydrogens is 416 g/mol. The lowest BCUT2D eigenvalue weighted by Gasteiger charge is -2.37. The van der Waals surface area contributed by atoms with E-state index >= 15 is 0 Å². The molecule has 2 aliphatic rings. The predicted molar refractivity (Wildman–Crippen MR) is 120 cm³/mol. The van der Waals surface area contributed by atoms with Crippen molar-refractivity contribution in [3.63, 3.8) is 0 Å². The van der Waals surface area contributed by atoms with Crippen molar-refractivity contribution in [1.82, 2.24) is 4.90 Å². The standard InChI is InChI=1S/C24H25ClN2O4/c1-4-30-20-11-5-17(6-12-20)21-22(26-13-15(2)31-16(3)14-26)24(29)27(23(21)28)19-9-7-18(25)8-10-19/h5-12,15-16H,4,13-14H2,1-3H3. The number of hydrogen-bond donors (Lipinski definition) is 0. The van der Waals surface area contributed by atoms with Crippen molar-refractivity contribution in [3.8, 4) is 5.75 Å². The van der Waals surface area contributed by atoms with Gasteiger partial charge >= 0.3 is 0 Å². The number of imide groups is 1. The Labute approximate surface area is 187 Å². The fourth-order valence-corrected chi connectivity index (χ4v) is 4.27. The molecule has 1 fully saturated rings. The van der Waals surface area contributed by atoms with Crippen molar-refractivity contribution in [3.05, 3.63) is 64.8 Å². The zero-order valence-corrected chi connectivity index (χ0v) is 18.6. The summed E-state index contributed by atoms with van der Waals surface area (Å²) in [6.45, 7) is 7.48. The summed E-state index contributed by atoms with van der Waals surface area (Å²) >= 11 is 6.01. The highest BCUT2D eigenvalue weighted by molar-refractivity contribution is 6.45. The fraction of sp³-hybridized carbons (Fsp3) is 0.333. The summed E-state index contributed by atoms with van der Waals surface area (Å²) < 4.78 is 11.4. The topological polar surface area (TPSA) is 59.1 Å².